The number of nitrogens with zero attached hydrogens (tertiary/aromatic N) is 1. The Hall–Kier alpha value is -2.25. The summed E-state index contributed by atoms with van der Waals surface area (Å²) in [5.41, 5.74) is 5.52. The third-order valence-electron chi connectivity index (χ3n) is 6.74. The van der Waals surface area contributed by atoms with Crippen molar-refractivity contribution in [3.8, 4) is 0 Å². The zero-order valence-electron chi connectivity index (χ0n) is 18.3. The van der Waals surface area contributed by atoms with Gasteiger partial charge in [-0.15, -0.1) is 0 Å². The summed E-state index contributed by atoms with van der Waals surface area (Å²) in [6.45, 7) is 8.12. The minimum absolute atomic E-state index is 0.0140. The minimum Gasteiger partial charge on any atom is -0.368 e. The van der Waals surface area contributed by atoms with E-state index in [2.05, 4.69) is 105 Å². The van der Waals surface area contributed by atoms with Crippen molar-refractivity contribution in [3.05, 3.63) is 101 Å². The first-order valence-corrected chi connectivity index (χ1v) is 11.5. The Balaban J connectivity index is 1.83. The maximum absolute atomic E-state index is 6.56. The van der Waals surface area contributed by atoms with Crippen LogP contribution in [0.2, 0.25) is 5.02 Å². The zero-order valence-corrected chi connectivity index (χ0v) is 19.1. The van der Waals surface area contributed by atoms with E-state index in [0.717, 1.165) is 24.4 Å². The summed E-state index contributed by atoms with van der Waals surface area (Å²) in [4.78, 5) is 2.64. The molecule has 1 aliphatic heterocycles. The number of anilines is 1. The average molecular weight is 418 g/mol. The summed E-state index contributed by atoms with van der Waals surface area (Å²) in [6, 6.07) is 28.8. The predicted octanol–water partition coefficient (Wildman–Crippen LogP) is 7.32. The monoisotopic (exact) mass is 417 g/mol. The number of hydrogen-bond acceptors (Lipinski definition) is 1. The summed E-state index contributed by atoms with van der Waals surface area (Å²) in [6.07, 6.45) is 3.21. The van der Waals surface area contributed by atoms with E-state index in [-0.39, 0.29) is 5.41 Å². The number of halogens is 1. The van der Waals surface area contributed by atoms with Crippen LogP contribution in [0.15, 0.2) is 78.9 Å². The standard InChI is InChI=1S/C28H32ClN/c1-21(2)16-17-30-22(3)28(19-23-10-6-4-7-11-23,20-24-12-8-5-9-13-24)26-18-25(29)14-15-27(26)30/h4-15,18,21-22H,16-17,19-20H2,1-3H3/t22-/m0/s1. The van der Waals surface area contributed by atoms with Crippen molar-refractivity contribution in [2.24, 2.45) is 5.92 Å². The molecule has 0 unspecified atom stereocenters. The van der Waals surface area contributed by atoms with Crippen molar-refractivity contribution in [2.75, 3.05) is 11.4 Å². The molecule has 0 spiro atoms. The van der Waals surface area contributed by atoms with Gasteiger partial charge in [0.05, 0.1) is 0 Å². The molecule has 3 aromatic carbocycles. The molecule has 0 saturated heterocycles. The number of fused-ring (bicyclic) bond motifs is 1. The van der Waals surface area contributed by atoms with Crippen LogP contribution < -0.4 is 4.90 Å². The Bertz CT molecular complexity index is 923. The fourth-order valence-corrected chi connectivity index (χ4v) is 5.24. The Morgan fingerprint density at radius 2 is 1.43 bits per heavy atom. The van der Waals surface area contributed by atoms with E-state index < -0.39 is 0 Å². The number of benzene rings is 3. The molecule has 156 valence electrons. The normalized spacial score (nSPS) is 17.4. The van der Waals surface area contributed by atoms with Crippen molar-refractivity contribution >= 4 is 17.3 Å². The fourth-order valence-electron chi connectivity index (χ4n) is 5.07. The first kappa shape index (κ1) is 21.0. The first-order valence-electron chi connectivity index (χ1n) is 11.1. The molecule has 1 nitrogen and oxygen atoms in total. The summed E-state index contributed by atoms with van der Waals surface area (Å²) < 4.78 is 0. The summed E-state index contributed by atoms with van der Waals surface area (Å²) in [7, 11) is 0. The van der Waals surface area contributed by atoms with Crippen LogP contribution in [0, 0.1) is 5.92 Å². The highest BCUT2D eigenvalue weighted by molar-refractivity contribution is 6.30. The molecule has 1 aliphatic rings. The largest absolute Gasteiger partial charge is 0.368 e. The highest BCUT2D eigenvalue weighted by Crippen LogP contribution is 2.50. The van der Waals surface area contributed by atoms with Gasteiger partial charge in [0.2, 0.25) is 0 Å². The van der Waals surface area contributed by atoms with Gasteiger partial charge in [0.1, 0.15) is 0 Å². The zero-order chi connectivity index (χ0) is 21.1. The maximum atomic E-state index is 6.56. The van der Waals surface area contributed by atoms with Crippen LogP contribution >= 0.6 is 11.6 Å². The van der Waals surface area contributed by atoms with Gasteiger partial charge in [-0.25, -0.2) is 0 Å². The Morgan fingerprint density at radius 3 is 1.97 bits per heavy atom. The van der Waals surface area contributed by atoms with Crippen LogP contribution in [-0.2, 0) is 18.3 Å². The SMILES string of the molecule is CC(C)CCN1c2ccc(Cl)cc2C(Cc2ccccc2)(Cc2ccccc2)[C@@H]1C. The van der Waals surface area contributed by atoms with Gasteiger partial charge in [0, 0.05) is 28.7 Å². The average Bonchev–Trinajstić information content (AvgIpc) is 2.95. The van der Waals surface area contributed by atoms with Crippen molar-refractivity contribution in [1.82, 2.24) is 0 Å². The quantitative estimate of drug-likeness (QED) is 0.389. The number of rotatable bonds is 7. The van der Waals surface area contributed by atoms with Gasteiger partial charge in [-0.1, -0.05) is 86.1 Å². The van der Waals surface area contributed by atoms with Gasteiger partial charge >= 0.3 is 0 Å². The number of hydrogen-bond donors (Lipinski definition) is 0. The highest BCUT2D eigenvalue weighted by Gasteiger charge is 2.48. The maximum Gasteiger partial charge on any atom is 0.0410 e. The third kappa shape index (κ3) is 4.14. The van der Waals surface area contributed by atoms with Crippen LogP contribution in [0.3, 0.4) is 0 Å². The van der Waals surface area contributed by atoms with Crippen LogP contribution in [-0.4, -0.2) is 12.6 Å². The summed E-state index contributed by atoms with van der Waals surface area (Å²) in [5, 5.41) is 0.831. The third-order valence-corrected chi connectivity index (χ3v) is 6.98. The molecular formula is C28H32ClN. The van der Waals surface area contributed by atoms with Crippen molar-refractivity contribution < 1.29 is 0 Å². The van der Waals surface area contributed by atoms with E-state index in [1.165, 1.54) is 28.8 Å². The molecule has 3 aromatic rings. The van der Waals surface area contributed by atoms with E-state index in [9.17, 15) is 0 Å². The first-order chi connectivity index (χ1) is 14.5. The van der Waals surface area contributed by atoms with Crippen molar-refractivity contribution in [3.63, 3.8) is 0 Å². The van der Waals surface area contributed by atoms with Gasteiger partial charge in [-0.3, -0.25) is 0 Å². The molecule has 0 saturated carbocycles. The molecular weight excluding hydrogens is 386 g/mol. The highest BCUT2D eigenvalue weighted by atomic mass is 35.5. The molecule has 1 atom stereocenters. The van der Waals surface area contributed by atoms with Crippen LogP contribution in [0.25, 0.3) is 0 Å². The molecule has 0 fully saturated rings. The Morgan fingerprint density at radius 1 is 0.867 bits per heavy atom. The Kier molecular flexibility index (Phi) is 6.20. The summed E-state index contributed by atoms with van der Waals surface area (Å²) in [5.74, 6) is 0.686. The second-order valence-electron chi connectivity index (χ2n) is 9.19. The van der Waals surface area contributed by atoms with E-state index in [1.54, 1.807) is 0 Å². The topological polar surface area (TPSA) is 3.24 Å². The Labute approximate surface area is 186 Å². The minimum atomic E-state index is -0.0140. The van der Waals surface area contributed by atoms with E-state index >= 15 is 0 Å². The summed E-state index contributed by atoms with van der Waals surface area (Å²) >= 11 is 6.56. The van der Waals surface area contributed by atoms with Gasteiger partial charge in [0.25, 0.3) is 0 Å². The molecule has 30 heavy (non-hydrogen) atoms. The van der Waals surface area contributed by atoms with Gasteiger partial charge in [-0.05, 0) is 67.0 Å². The molecule has 0 radical (unpaired) electrons. The molecule has 0 amide bonds. The van der Waals surface area contributed by atoms with E-state index in [1.807, 2.05) is 0 Å². The molecule has 0 N–H and O–H groups in total. The van der Waals surface area contributed by atoms with Crippen LogP contribution in [0.4, 0.5) is 5.69 Å². The van der Waals surface area contributed by atoms with E-state index in [4.69, 9.17) is 11.6 Å². The molecule has 4 rings (SSSR count). The van der Waals surface area contributed by atoms with Crippen molar-refractivity contribution in [2.45, 2.75) is 51.5 Å². The van der Waals surface area contributed by atoms with Gasteiger partial charge in [0.15, 0.2) is 0 Å². The van der Waals surface area contributed by atoms with E-state index in [0.29, 0.717) is 12.0 Å². The smallest absolute Gasteiger partial charge is 0.0410 e. The van der Waals surface area contributed by atoms with Crippen LogP contribution in [0.1, 0.15) is 43.9 Å². The fraction of sp³-hybridized carbons (Fsp3) is 0.357. The molecule has 0 bridgehead atoms. The molecule has 1 heterocycles. The lowest BCUT2D eigenvalue weighted by atomic mass is 9.68. The molecule has 0 aromatic heterocycles. The second-order valence-corrected chi connectivity index (χ2v) is 9.63. The predicted molar refractivity (Wildman–Crippen MR) is 130 cm³/mol. The molecule has 2 heteroatoms. The lowest BCUT2D eigenvalue weighted by Gasteiger charge is -2.38. The van der Waals surface area contributed by atoms with Crippen LogP contribution in [0.5, 0.6) is 0 Å². The lowest BCUT2D eigenvalue weighted by molar-refractivity contribution is 0.358. The van der Waals surface area contributed by atoms with Gasteiger partial charge in [-0.2, -0.15) is 0 Å². The lowest BCUT2D eigenvalue weighted by Crippen LogP contribution is -2.46. The van der Waals surface area contributed by atoms with Crippen molar-refractivity contribution in [1.29, 1.82) is 0 Å². The second kappa shape index (κ2) is 8.86. The van der Waals surface area contributed by atoms with Gasteiger partial charge < -0.3 is 4.90 Å². The molecule has 0 aliphatic carbocycles.